The van der Waals surface area contributed by atoms with Crippen LogP contribution < -0.4 is 0 Å². The van der Waals surface area contributed by atoms with Crippen molar-refractivity contribution in [2.75, 3.05) is 0 Å². The summed E-state index contributed by atoms with van der Waals surface area (Å²) >= 11 is 0. The van der Waals surface area contributed by atoms with Gasteiger partial charge in [0.05, 0.1) is 5.57 Å². The fraction of sp³-hybridized carbons (Fsp3) is 0.174. The molecule has 30 heavy (non-hydrogen) atoms. The molecule has 1 N–H and O–H groups in total. The van der Waals surface area contributed by atoms with Crippen LogP contribution in [0, 0.1) is 19.7 Å². The number of amides is 1. The molecule has 7 heteroatoms. The van der Waals surface area contributed by atoms with E-state index >= 15 is 0 Å². The topological polar surface area (TPSA) is 83.6 Å². The molecule has 2 aromatic heterocycles. The number of carbonyl (C=O) groups excluding carboxylic acids is 2. The summed E-state index contributed by atoms with van der Waals surface area (Å²) < 4.78 is 19.4. The summed E-state index contributed by atoms with van der Waals surface area (Å²) in [6.45, 7) is 3.42. The van der Waals surface area contributed by atoms with E-state index in [1.807, 2.05) is 0 Å². The van der Waals surface area contributed by atoms with Crippen molar-refractivity contribution < 1.29 is 23.5 Å². The molecular formula is C23H19FN2O4. The zero-order chi connectivity index (χ0) is 21.4. The Kier molecular flexibility index (Phi) is 4.95. The van der Waals surface area contributed by atoms with Crippen LogP contribution in [0.15, 0.2) is 64.8 Å². The molecule has 1 aliphatic heterocycles. The van der Waals surface area contributed by atoms with Crippen molar-refractivity contribution in [1.82, 2.24) is 9.88 Å². The summed E-state index contributed by atoms with van der Waals surface area (Å²) in [4.78, 5) is 31.2. The van der Waals surface area contributed by atoms with E-state index in [1.54, 1.807) is 50.5 Å². The first-order chi connectivity index (χ1) is 14.4. The molecule has 3 heterocycles. The van der Waals surface area contributed by atoms with Gasteiger partial charge < -0.3 is 14.4 Å². The predicted octanol–water partition coefficient (Wildman–Crippen LogP) is 4.05. The lowest BCUT2D eigenvalue weighted by Crippen LogP contribution is -2.29. The number of likely N-dealkylation sites (tertiary alicyclic amines) is 1. The number of halogens is 1. The monoisotopic (exact) mass is 406 g/mol. The van der Waals surface area contributed by atoms with Crippen molar-refractivity contribution in [3.8, 4) is 0 Å². The zero-order valence-electron chi connectivity index (χ0n) is 16.4. The largest absolute Gasteiger partial charge is 0.507 e. The Labute approximate surface area is 172 Å². The summed E-state index contributed by atoms with van der Waals surface area (Å²) in [5, 5.41) is 10.9. The molecule has 1 aliphatic rings. The second-order valence-electron chi connectivity index (χ2n) is 7.20. The maximum Gasteiger partial charge on any atom is 0.296 e. The minimum Gasteiger partial charge on any atom is -0.507 e. The Bertz CT molecular complexity index is 1170. The van der Waals surface area contributed by atoms with Crippen LogP contribution >= 0.6 is 0 Å². The smallest absolute Gasteiger partial charge is 0.296 e. The molecule has 6 nitrogen and oxygen atoms in total. The Morgan fingerprint density at radius 2 is 2.00 bits per heavy atom. The second-order valence-corrected chi connectivity index (χ2v) is 7.20. The molecule has 0 spiro atoms. The molecule has 152 valence electrons. The van der Waals surface area contributed by atoms with Gasteiger partial charge in [0.25, 0.3) is 11.7 Å². The third-order valence-corrected chi connectivity index (χ3v) is 5.08. The van der Waals surface area contributed by atoms with Gasteiger partial charge in [-0.2, -0.15) is 0 Å². The maximum atomic E-state index is 13.7. The molecule has 1 amide bonds. The SMILES string of the molecule is Cc1ccc(C2/C(=C(/O)c3ccc(F)c(C)c3)C(=O)C(=O)N2Cc2cccnc2)o1. The van der Waals surface area contributed by atoms with Crippen molar-refractivity contribution in [2.24, 2.45) is 0 Å². The van der Waals surface area contributed by atoms with Crippen LogP contribution in [-0.4, -0.2) is 26.7 Å². The van der Waals surface area contributed by atoms with Crippen LogP contribution in [0.25, 0.3) is 5.76 Å². The second kappa shape index (κ2) is 7.59. The van der Waals surface area contributed by atoms with E-state index < -0.39 is 23.5 Å². The van der Waals surface area contributed by atoms with E-state index in [0.717, 1.165) is 5.56 Å². The highest BCUT2D eigenvalue weighted by Crippen LogP contribution is 2.40. The highest BCUT2D eigenvalue weighted by molar-refractivity contribution is 6.46. The lowest BCUT2D eigenvalue weighted by Gasteiger charge is -2.23. The average molecular weight is 406 g/mol. The van der Waals surface area contributed by atoms with E-state index in [-0.39, 0.29) is 23.4 Å². The molecule has 3 aromatic rings. The van der Waals surface area contributed by atoms with Gasteiger partial charge in [-0.25, -0.2) is 4.39 Å². The van der Waals surface area contributed by atoms with Gasteiger partial charge in [-0.15, -0.1) is 0 Å². The Hall–Kier alpha value is -3.74. The molecule has 0 bridgehead atoms. The quantitative estimate of drug-likeness (QED) is 0.401. The zero-order valence-corrected chi connectivity index (χ0v) is 16.4. The Morgan fingerprint density at radius 3 is 2.63 bits per heavy atom. The van der Waals surface area contributed by atoms with E-state index in [1.165, 1.54) is 23.1 Å². The Balaban J connectivity index is 1.86. The fourth-order valence-corrected chi connectivity index (χ4v) is 3.58. The normalized spacial score (nSPS) is 18.2. The van der Waals surface area contributed by atoms with Crippen LogP contribution in [0.4, 0.5) is 4.39 Å². The average Bonchev–Trinajstić information content (AvgIpc) is 3.26. The van der Waals surface area contributed by atoms with Gasteiger partial charge in [-0.05, 0) is 61.4 Å². The van der Waals surface area contributed by atoms with Gasteiger partial charge in [-0.1, -0.05) is 6.07 Å². The number of ketones is 1. The number of carbonyl (C=O) groups is 2. The van der Waals surface area contributed by atoms with Gasteiger partial charge in [0.1, 0.15) is 29.1 Å². The molecule has 0 radical (unpaired) electrons. The number of furan rings is 1. The lowest BCUT2D eigenvalue weighted by atomic mass is 9.98. The van der Waals surface area contributed by atoms with Crippen molar-refractivity contribution in [3.63, 3.8) is 0 Å². The number of hydrogen-bond acceptors (Lipinski definition) is 5. The third kappa shape index (κ3) is 3.39. The molecule has 1 atom stereocenters. The number of benzene rings is 1. The summed E-state index contributed by atoms with van der Waals surface area (Å²) in [6, 6.07) is 10.0. The maximum absolute atomic E-state index is 13.7. The number of pyridine rings is 1. The van der Waals surface area contributed by atoms with Crippen LogP contribution in [-0.2, 0) is 16.1 Å². The van der Waals surface area contributed by atoms with Crippen molar-refractivity contribution in [2.45, 2.75) is 26.4 Å². The number of aromatic nitrogens is 1. The van der Waals surface area contributed by atoms with E-state index in [0.29, 0.717) is 17.1 Å². The van der Waals surface area contributed by atoms with Crippen LogP contribution in [0.3, 0.4) is 0 Å². The summed E-state index contributed by atoms with van der Waals surface area (Å²) in [6.07, 6.45) is 3.22. The molecule has 1 saturated heterocycles. The number of rotatable bonds is 4. The summed E-state index contributed by atoms with van der Waals surface area (Å²) in [7, 11) is 0. The van der Waals surface area contributed by atoms with Crippen LogP contribution in [0.2, 0.25) is 0 Å². The van der Waals surface area contributed by atoms with Crippen molar-refractivity contribution in [3.05, 3.63) is 94.5 Å². The number of aliphatic hydroxyl groups is 1. The standard InChI is InChI=1S/C23H19FN2O4/c1-13-10-16(6-7-17(13)24)21(27)19-20(18-8-5-14(2)30-18)26(23(29)22(19)28)12-15-4-3-9-25-11-15/h3-11,20,27H,12H2,1-2H3/b21-19-. The number of aryl methyl sites for hydroxylation is 2. The molecule has 0 aliphatic carbocycles. The first-order valence-electron chi connectivity index (χ1n) is 9.37. The summed E-state index contributed by atoms with van der Waals surface area (Å²) in [5.41, 5.74) is 1.20. The molecule has 1 unspecified atom stereocenters. The first kappa shape index (κ1) is 19.6. The van der Waals surface area contributed by atoms with Gasteiger partial charge in [0.2, 0.25) is 0 Å². The van der Waals surface area contributed by atoms with Gasteiger partial charge in [-0.3, -0.25) is 14.6 Å². The highest BCUT2D eigenvalue weighted by atomic mass is 19.1. The van der Waals surface area contributed by atoms with Crippen molar-refractivity contribution in [1.29, 1.82) is 0 Å². The first-order valence-corrected chi connectivity index (χ1v) is 9.37. The van der Waals surface area contributed by atoms with Gasteiger partial charge in [0.15, 0.2) is 0 Å². The fourth-order valence-electron chi connectivity index (χ4n) is 3.58. The summed E-state index contributed by atoms with van der Waals surface area (Å²) in [5.74, 6) is -1.41. The van der Waals surface area contributed by atoms with E-state index in [9.17, 15) is 19.1 Å². The minimum absolute atomic E-state index is 0.0933. The number of nitrogens with zero attached hydrogens (tertiary/aromatic N) is 2. The lowest BCUT2D eigenvalue weighted by molar-refractivity contribution is -0.140. The molecule has 0 saturated carbocycles. The Morgan fingerprint density at radius 1 is 1.20 bits per heavy atom. The molecular weight excluding hydrogens is 387 g/mol. The van der Waals surface area contributed by atoms with E-state index in [4.69, 9.17) is 4.42 Å². The van der Waals surface area contributed by atoms with Crippen LogP contribution in [0.5, 0.6) is 0 Å². The highest BCUT2D eigenvalue weighted by Gasteiger charge is 2.47. The predicted molar refractivity (Wildman–Crippen MR) is 107 cm³/mol. The number of hydrogen-bond donors (Lipinski definition) is 1. The minimum atomic E-state index is -0.913. The number of aliphatic hydroxyl groups excluding tert-OH is 1. The van der Waals surface area contributed by atoms with E-state index in [2.05, 4.69) is 4.98 Å². The number of Topliss-reactive ketones (excluding diaryl/α,β-unsaturated/α-hetero) is 1. The van der Waals surface area contributed by atoms with Crippen molar-refractivity contribution >= 4 is 17.4 Å². The van der Waals surface area contributed by atoms with Crippen LogP contribution in [0.1, 0.15) is 34.3 Å². The molecule has 1 aromatic carbocycles. The van der Waals surface area contributed by atoms with Gasteiger partial charge >= 0.3 is 0 Å². The third-order valence-electron chi connectivity index (χ3n) is 5.08. The molecule has 1 fully saturated rings. The molecule has 4 rings (SSSR count). The van der Waals surface area contributed by atoms with Gasteiger partial charge in [0, 0.05) is 24.5 Å².